The van der Waals surface area contributed by atoms with Crippen LogP contribution < -0.4 is 9.80 Å². The van der Waals surface area contributed by atoms with E-state index in [1.165, 1.54) is 11.0 Å². The van der Waals surface area contributed by atoms with Crippen LogP contribution in [0.4, 0.5) is 20.6 Å². The van der Waals surface area contributed by atoms with Crippen molar-refractivity contribution in [2.75, 3.05) is 47.5 Å². The monoisotopic (exact) mass is 490 g/mol. The van der Waals surface area contributed by atoms with Crippen LogP contribution in [0.15, 0.2) is 48.5 Å². The number of anilines is 2. The first-order valence-corrected chi connectivity index (χ1v) is 12.6. The molecule has 2 aromatic carbocycles. The van der Waals surface area contributed by atoms with Crippen LogP contribution in [0.1, 0.15) is 25.3 Å². The summed E-state index contributed by atoms with van der Waals surface area (Å²) in [6.07, 6.45) is -1.01. The molecule has 0 bridgehead atoms. The molecule has 1 N–H and O–H groups in total. The van der Waals surface area contributed by atoms with Gasteiger partial charge >= 0.3 is 12.1 Å². The molecule has 34 heavy (non-hydrogen) atoms. The lowest BCUT2D eigenvalue weighted by Gasteiger charge is -2.30. The van der Waals surface area contributed by atoms with Gasteiger partial charge in [-0.15, -0.1) is 0 Å². The quantitative estimate of drug-likeness (QED) is 0.500. The number of rotatable bonds is 10. The van der Waals surface area contributed by atoms with Crippen molar-refractivity contribution in [3.05, 3.63) is 59.9 Å². The number of hydrogen-bond acceptors (Lipinski definition) is 7. The molecule has 7 nitrogen and oxygen atoms in total. The fourth-order valence-corrected chi connectivity index (χ4v) is 4.44. The number of nitrogens with zero attached hydrogens (tertiary/aromatic N) is 2. The second kappa shape index (κ2) is 13.2. The van der Waals surface area contributed by atoms with Gasteiger partial charge in [-0.3, -0.25) is 9.69 Å². The van der Waals surface area contributed by atoms with Crippen molar-refractivity contribution in [3.63, 3.8) is 0 Å². The highest BCUT2D eigenvalue weighted by Crippen LogP contribution is 2.28. The first kappa shape index (κ1) is 25.8. The molecule has 2 aromatic rings. The summed E-state index contributed by atoms with van der Waals surface area (Å²) in [5.41, 5.74) is 1.54. The smallest absolute Gasteiger partial charge is 0.414 e. The first-order chi connectivity index (χ1) is 16.5. The van der Waals surface area contributed by atoms with Crippen molar-refractivity contribution in [3.8, 4) is 0 Å². The van der Waals surface area contributed by atoms with Gasteiger partial charge in [0.1, 0.15) is 25.1 Å². The summed E-state index contributed by atoms with van der Waals surface area (Å²) >= 11 is 1.83. The van der Waals surface area contributed by atoms with Gasteiger partial charge in [0.25, 0.3) is 0 Å². The minimum absolute atomic E-state index is 0.0315. The zero-order valence-electron chi connectivity index (χ0n) is 19.3. The van der Waals surface area contributed by atoms with E-state index >= 15 is 4.39 Å². The SMILES string of the molecule is CCCC(=O)OC[C@H](O)CN(C(=O)OCc1ccccc1)c1ccc(N2CCSCC2)c(F)c1. The predicted molar refractivity (Wildman–Crippen MR) is 132 cm³/mol. The third-order valence-electron chi connectivity index (χ3n) is 5.30. The Morgan fingerprint density at radius 3 is 2.56 bits per heavy atom. The number of ether oxygens (including phenoxy) is 2. The van der Waals surface area contributed by atoms with Crippen molar-refractivity contribution in [1.29, 1.82) is 0 Å². The van der Waals surface area contributed by atoms with E-state index in [9.17, 15) is 14.7 Å². The number of thioether (sulfide) groups is 1. The van der Waals surface area contributed by atoms with Gasteiger partial charge in [-0.1, -0.05) is 37.3 Å². The predicted octanol–water partition coefficient (Wildman–Crippen LogP) is 4.23. The molecule has 0 aliphatic carbocycles. The Labute approximate surface area is 203 Å². The minimum atomic E-state index is -1.16. The molecule has 1 aliphatic rings. The highest BCUT2D eigenvalue weighted by molar-refractivity contribution is 7.99. The Hall–Kier alpha value is -2.78. The maximum atomic E-state index is 15.0. The molecule has 1 saturated heterocycles. The van der Waals surface area contributed by atoms with Gasteiger partial charge in [0.2, 0.25) is 0 Å². The van der Waals surface area contributed by atoms with E-state index < -0.39 is 24.0 Å². The van der Waals surface area contributed by atoms with Crippen LogP contribution in [0, 0.1) is 5.82 Å². The largest absolute Gasteiger partial charge is 0.463 e. The number of hydrogen-bond donors (Lipinski definition) is 1. The summed E-state index contributed by atoms with van der Waals surface area (Å²) in [6, 6.07) is 13.7. The van der Waals surface area contributed by atoms with Gasteiger partial charge in [0, 0.05) is 31.0 Å². The topological polar surface area (TPSA) is 79.3 Å². The van der Waals surface area contributed by atoms with Gasteiger partial charge in [0.05, 0.1) is 17.9 Å². The number of benzene rings is 2. The summed E-state index contributed by atoms with van der Waals surface area (Å²) < 4.78 is 25.5. The van der Waals surface area contributed by atoms with Gasteiger partial charge in [-0.25, -0.2) is 9.18 Å². The molecule has 1 aliphatic heterocycles. The van der Waals surface area contributed by atoms with Crippen LogP contribution >= 0.6 is 11.8 Å². The number of halogens is 1. The molecule has 0 radical (unpaired) electrons. The molecule has 1 amide bonds. The number of carbonyl (C=O) groups excluding carboxylic acids is 2. The second-order valence-corrected chi connectivity index (χ2v) is 9.20. The molecule has 9 heteroatoms. The number of aliphatic hydroxyl groups excluding tert-OH is 1. The first-order valence-electron chi connectivity index (χ1n) is 11.4. The molecule has 3 rings (SSSR count). The third kappa shape index (κ3) is 7.63. The Bertz CT molecular complexity index is 940. The van der Waals surface area contributed by atoms with Crippen LogP contribution in [-0.4, -0.2) is 61.0 Å². The van der Waals surface area contributed by atoms with Gasteiger partial charge in [0.15, 0.2) is 0 Å². The van der Waals surface area contributed by atoms with E-state index in [0.29, 0.717) is 12.1 Å². The zero-order valence-corrected chi connectivity index (χ0v) is 20.1. The van der Waals surface area contributed by atoms with Gasteiger partial charge < -0.3 is 19.5 Å². The lowest BCUT2D eigenvalue weighted by atomic mass is 10.2. The fourth-order valence-electron chi connectivity index (χ4n) is 3.54. The Morgan fingerprint density at radius 1 is 1.15 bits per heavy atom. The number of aliphatic hydroxyl groups is 1. The van der Waals surface area contributed by atoms with E-state index in [1.54, 1.807) is 12.1 Å². The van der Waals surface area contributed by atoms with Crippen molar-refractivity contribution < 1.29 is 28.6 Å². The normalized spacial score (nSPS) is 14.4. The Kier molecular flexibility index (Phi) is 10.0. The summed E-state index contributed by atoms with van der Waals surface area (Å²) in [6.45, 7) is 2.91. The van der Waals surface area contributed by atoms with Crippen molar-refractivity contribution in [2.24, 2.45) is 0 Å². The third-order valence-corrected chi connectivity index (χ3v) is 6.25. The molecule has 0 spiro atoms. The second-order valence-electron chi connectivity index (χ2n) is 7.97. The van der Waals surface area contributed by atoms with Crippen molar-refractivity contribution >= 4 is 35.2 Å². The van der Waals surface area contributed by atoms with Crippen LogP contribution in [0.25, 0.3) is 0 Å². The fraction of sp³-hybridized carbons (Fsp3) is 0.440. The van der Waals surface area contributed by atoms with Crippen LogP contribution in [-0.2, 0) is 20.9 Å². The molecule has 0 saturated carbocycles. The highest BCUT2D eigenvalue weighted by atomic mass is 32.2. The van der Waals surface area contributed by atoms with Gasteiger partial charge in [-0.05, 0) is 30.2 Å². The molecule has 0 aromatic heterocycles. The molecule has 1 atom stereocenters. The van der Waals surface area contributed by atoms with Crippen LogP contribution in [0.2, 0.25) is 0 Å². The van der Waals surface area contributed by atoms with E-state index in [4.69, 9.17) is 9.47 Å². The highest BCUT2D eigenvalue weighted by Gasteiger charge is 2.24. The van der Waals surface area contributed by atoms with E-state index in [1.807, 2.05) is 53.9 Å². The number of amides is 1. The summed E-state index contributed by atoms with van der Waals surface area (Å²) in [4.78, 5) is 27.7. The van der Waals surface area contributed by atoms with E-state index in [-0.39, 0.29) is 31.9 Å². The maximum Gasteiger partial charge on any atom is 0.414 e. The van der Waals surface area contributed by atoms with E-state index in [2.05, 4.69) is 0 Å². The maximum absolute atomic E-state index is 15.0. The number of esters is 1. The molecule has 184 valence electrons. The molecular weight excluding hydrogens is 459 g/mol. The molecular formula is C25H31FN2O5S. The average molecular weight is 491 g/mol. The Balaban J connectivity index is 1.73. The lowest BCUT2D eigenvalue weighted by molar-refractivity contribution is -0.146. The number of carbonyl (C=O) groups is 2. The average Bonchev–Trinajstić information content (AvgIpc) is 2.86. The van der Waals surface area contributed by atoms with Crippen LogP contribution in [0.3, 0.4) is 0 Å². The molecule has 0 unspecified atom stereocenters. The lowest BCUT2D eigenvalue weighted by Crippen LogP contribution is -2.40. The van der Waals surface area contributed by atoms with Crippen molar-refractivity contribution in [1.82, 2.24) is 0 Å². The Morgan fingerprint density at radius 2 is 1.88 bits per heavy atom. The van der Waals surface area contributed by atoms with Crippen molar-refractivity contribution in [2.45, 2.75) is 32.5 Å². The summed E-state index contributed by atoms with van der Waals surface area (Å²) in [7, 11) is 0. The van der Waals surface area contributed by atoms with E-state index in [0.717, 1.165) is 30.2 Å². The minimum Gasteiger partial charge on any atom is -0.463 e. The van der Waals surface area contributed by atoms with Crippen LogP contribution in [0.5, 0.6) is 0 Å². The summed E-state index contributed by atoms with van der Waals surface area (Å²) in [5.74, 6) is 0.994. The molecule has 1 fully saturated rings. The standard InChI is InChI=1S/C25H31FN2O5S/c1-2-6-24(30)32-18-21(29)16-28(25(31)33-17-19-7-4-3-5-8-19)20-9-10-23(22(26)15-20)27-11-13-34-14-12-27/h3-5,7-10,15,21,29H,2,6,11-14,16-18H2,1H3/t21-/m1/s1. The zero-order chi connectivity index (χ0) is 24.3. The molecule has 1 heterocycles. The van der Waals surface area contributed by atoms with Gasteiger partial charge in [-0.2, -0.15) is 11.8 Å². The summed E-state index contributed by atoms with van der Waals surface area (Å²) in [5, 5.41) is 10.4.